The Morgan fingerprint density at radius 1 is 1.32 bits per heavy atom. The summed E-state index contributed by atoms with van der Waals surface area (Å²) in [4.78, 5) is 16.6. The van der Waals surface area contributed by atoms with Crippen molar-refractivity contribution < 1.29 is 4.79 Å². The number of aromatic nitrogens is 1. The highest BCUT2D eigenvalue weighted by atomic mass is 16.2. The highest BCUT2D eigenvalue weighted by molar-refractivity contribution is 5.93. The molecule has 0 aliphatic heterocycles. The van der Waals surface area contributed by atoms with E-state index >= 15 is 0 Å². The summed E-state index contributed by atoms with van der Waals surface area (Å²) in [5.41, 5.74) is 8.01. The third kappa shape index (κ3) is 3.61. The topological polar surface area (TPSA) is 62.1 Å². The molecule has 0 bridgehead atoms. The first-order valence-electron chi connectivity index (χ1n) is 6.40. The molecule has 4 heteroatoms. The fraction of sp³-hybridized carbons (Fsp3) is 0.267. The van der Waals surface area contributed by atoms with E-state index in [1.54, 1.807) is 17.2 Å². The summed E-state index contributed by atoms with van der Waals surface area (Å²) in [5, 5.41) is 0. The van der Waals surface area contributed by atoms with Gasteiger partial charge >= 0.3 is 0 Å². The number of anilines is 1. The number of nitrogens with two attached hydrogens (primary N) is 1. The number of aryl methyl sites for hydroxylation is 1. The van der Waals surface area contributed by atoms with Crippen LogP contribution in [-0.2, 0) is 6.42 Å². The summed E-state index contributed by atoms with van der Waals surface area (Å²) in [5.74, 6) is -0.0234. The number of rotatable bonds is 5. The molecular weight excluding hydrogens is 238 g/mol. The molecule has 100 valence electrons. The predicted octanol–water partition coefficient (Wildman–Crippen LogP) is 2.30. The van der Waals surface area contributed by atoms with Crippen molar-refractivity contribution in [3.8, 4) is 0 Å². The van der Waals surface area contributed by atoms with Gasteiger partial charge in [0.1, 0.15) is 5.69 Å². The largest absolute Gasteiger partial charge is 0.397 e. The second kappa shape index (κ2) is 6.09. The summed E-state index contributed by atoms with van der Waals surface area (Å²) in [6.45, 7) is 0.729. The van der Waals surface area contributed by atoms with Crippen LogP contribution in [0, 0.1) is 0 Å². The Balaban J connectivity index is 1.81. The van der Waals surface area contributed by atoms with E-state index in [4.69, 9.17) is 5.73 Å². The third-order valence-electron chi connectivity index (χ3n) is 3.08. The fourth-order valence-corrected chi connectivity index (χ4v) is 2.01. The van der Waals surface area contributed by atoms with Crippen molar-refractivity contribution in [3.05, 3.63) is 53.9 Å². The van der Waals surface area contributed by atoms with E-state index in [-0.39, 0.29) is 5.91 Å². The molecule has 0 spiro atoms. The average Bonchev–Trinajstić information content (AvgIpc) is 2.85. The maximum Gasteiger partial charge on any atom is 0.270 e. The van der Waals surface area contributed by atoms with E-state index in [9.17, 15) is 4.79 Å². The molecule has 1 heterocycles. The van der Waals surface area contributed by atoms with E-state index in [0.29, 0.717) is 11.4 Å². The molecule has 1 amide bonds. The number of hydrogen-bond acceptors (Lipinski definition) is 2. The van der Waals surface area contributed by atoms with Gasteiger partial charge in [0, 0.05) is 25.5 Å². The minimum atomic E-state index is -0.0234. The van der Waals surface area contributed by atoms with Crippen molar-refractivity contribution in [1.82, 2.24) is 9.88 Å². The number of carbonyl (C=O) groups excluding carboxylic acids is 1. The Morgan fingerprint density at radius 3 is 2.68 bits per heavy atom. The third-order valence-corrected chi connectivity index (χ3v) is 3.08. The van der Waals surface area contributed by atoms with E-state index in [1.807, 2.05) is 25.2 Å². The molecule has 0 saturated heterocycles. The van der Waals surface area contributed by atoms with Crippen LogP contribution >= 0.6 is 0 Å². The summed E-state index contributed by atoms with van der Waals surface area (Å²) in [6, 6.07) is 11.9. The molecule has 2 aromatic rings. The maximum atomic E-state index is 12.0. The quantitative estimate of drug-likeness (QED) is 0.863. The molecule has 1 aromatic carbocycles. The highest BCUT2D eigenvalue weighted by Crippen LogP contribution is 2.08. The van der Waals surface area contributed by atoms with Gasteiger partial charge in [0.2, 0.25) is 0 Å². The van der Waals surface area contributed by atoms with Crippen LogP contribution in [0.25, 0.3) is 0 Å². The van der Waals surface area contributed by atoms with Crippen LogP contribution in [0.4, 0.5) is 5.69 Å². The molecule has 0 radical (unpaired) electrons. The van der Waals surface area contributed by atoms with Crippen molar-refractivity contribution in [2.75, 3.05) is 19.3 Å². The summed E-state index contributed by atoms with van der Waals surface area (Å²) < 4.78 is 0. The van der Waals surface area contributed by atoms with Crippen LogP contribution in [0.5, 0.6) is 0 Å². The second-order valence-electron chi connectivity index (χ2n) is 4.66. The molecular formula is C15H19N3O. The smallest absolute Gasteiger partial charge is 0.270 e. The lowest BCUT2D eigenvalue weighted by atomic mass is 10.1. The molecule has 3 N–H and O–H groups in total. The number of nitrogens with one attached hydrogen (secondary N) is 1. The molecule has 0 aliphatic rings. The molecule has 1 aromatic heterocycles. The standard InChI is InChI=1S/C15H19N3O/c1-18(15(19)14-10-13(16)11-17-14)9-5-8-12-6-3-2-4-7-12/h2-4,6-7,10-11,17H,5,8-9,16H2,1H3. The van der Waals surface area contributed by atoms with Crippen molar-refractivity contribution in [3.63, 3.8) is 0 Å². The Kier molecular flexibility index (Phi) is 4.23. The highest BCUT2D eigenvalue weighted by Gasteiger charge is 2.12. The number of H-pyrrole nitrogens is 1. The van der Waals surface area contributed by atoms with E-state index < -0.39 is 0 Å². The summed E-state index contributed by atoms with van der Waals surface area (Å²) in [7, 11) is 1.81. The Labute approximate surface area is 113 Å². The number of hydrogen-bond donors (Lipinski definition) is 2. The lowest BCUT2D eigenvalue weighted by molar-refractivity contribution is 0.0788. The monoisotopic (exact) mass is 257 g/mol. The number of benzene rings is 1. The number of nitrogens with zero attached hydrogens (tertiary/aromatic N) is 1. The van der Waals surface area contributed by atoms with Crippen molar-refractivity contribution in [2.24, 2.45) is 0 Å². The first-order valence-corrected chi connectivity index (χ1v) is 6.40. The molecule has 4 nitrogen and oxygen atoms in total. The van der Waals surface area contributed by atoms with Gasteiger partial charge < -0.3 is 15.6 Å². The first kappa shape index (κ1) is 13.2. The number of aromatic amines is 1. The second-order valence-corrected chi connectivity index (χ2v) is 4.66. The van der Waals surface area contributed by atoms with Crippen LogP contribution in [0.3, 0.4) is 0 Å². The summed E-state index contributed by atoms with van der Waals surface area (Å²) >= 11 is 0. The maximum absolute atomic E-state index is 12.0. The van der Waals surface area contributed by atoms with Gasteiger partial charge in [-0.3, -0.25) is 4.79 Å². The molecule has 2 rings (SSSR count). The zero-order valence-electron chi connectivity index (χ0n) is 11.1. The molecule has 0 aliphatic carbocycles. The van der Waals surface area contributed by atoms with Crippen LogP contribution in [0.15, 0.2) is 42.6 Å². The zero-order valence-corrected chi connectivity index (χ0v) is 11.1. The fourth-order valence-electron chi connectivity index (χ4n) is 2.01. The normalized spacial score (nSPS) is 10.4. The number of nitrogen functional groups attached to an aromatic ring is 1. The lowest BCUT2D eigenvalue weighted by Crippen LogP contribution is -2.28. The molecule has 0 unspecified atom stereocenters. The van der Waals surface area contributed by atoms with Gasteiger partial charge in [-0.05, 0) is 24.5 Å². The zero-order chi connectivity index (χ0) is 13.7. The van der Waals surface area contributed by atoms with E-state index in [0.717, 1.165) is 19.4 Å². The van der Waals surface area contributed by atoms with Gasteiger partial charge in [0.15, 0.2) is 0 Å². The number of carbonyl (C=O) groups is 1. The van der Waals surface area contributed by atoms with Gasteiger partial charge in [0.05, 0.1) is 0 Å². The molecule has 0 atom stereocenters. The molecule has 19 heavy (non-hydrogen) atoms. The molecule has 0 fully saturated rings. The Bertz CT molecular complexity index is 533. The summed E-state index contributed by atoms with van der Waals surface area (Å²) in [6.07, 6.45) is 3.55. The van der Waals surface area contributed by atoms with Gasteiger partial charge in [-0.2, -0.15) is 0 Å². The SMILES string of the molecule is CN(CCCc1ccccc1)C(=O)c1cc(N)c[nH]1. The Hall–Kier alpha value is -2.23. The van der Waals surface area contributed by atoms with E-state index in [2.05, 4.69) is 17.1 Å². The van der Waals surface area contributed by atoms with Crippen molar-refractivity contribution >= 4 is 11.6 Å². The van der Waals surface area contributed by atoms with Gasteiger partial charge in [0.25, 0.3) is 5.91 Å². The van der Waals surface area contributed by atoms with Crippen molar-refractivity contribution in [1.29, 1.82) is 0 Å². The van der Waals surface area contributed by atoms with E-state index in [1.165, 1.54) is 5.56 Å². The van der Waals surface area contributed by atoms with Crippen LogP contribution in [0.1, 0.15) is 22.5 Å². The minimum Gasteiger partial charge on any atom is -0.397 e. The number of amides is 1. The van der Waals surface area contributed by atoms with Gasteiger partial charge in [-0.1, -0.05) is 30.3 Å². The predicted molar refractivity (Wildman–Crippen MR) is 76.9 cm³/mol. The minimum absolute atomic E-state index is 0.0234. The van der Waals surface area contributed by atoms with Gasteiger partial charge in [-0.25, -0.2) is 0 Å². The Morgan fingerprint density at radius 2 is 2.05 bits per heavy atom. The lowest BCUT2D eigenvalue weighted by Gasteiger charge is -2.16. The average molecular weight is 257 g/mol. The first-order chi connectivity index (χ1) is 9.16. The van der Waals surface area contributed by atoms with Crippen molar-refractivity contribution in [2.45, 2.75) is 12.8 Å². The van der Waals surface area contributed by atoms with Crippen LogP contribution < -0.4 is 5.73 Å². The molecule has 0 saturated carbocycles. The van der Waals surface area contributed by atoms with Crippen LogP contribution in [0.2, 0.25) is 0 Å². The van der Waals surface area contributed by atoms with Crippen LogP contribution in [-0.4, -0.2) is 29.4 Å². The van der Waals surface area contributed by atoms with Gasteiger partial charge in [-0.15, -0.1) is 0 Å².